The Morgan fingerprint density at radius 2 is 0.818 bits per heavy atom. The van der Waals surface area contributed by atoms with Crippen molar-refractivity contribution in [2.24, 2.45) is 0 Å². The van der Waals surface area contributed by atoms with Crippen LogP contribution in [0.3, 0.4) is 0 Å². The third-order valence-corrected chi connectivity index (χ3v) is 13.7. The smallest absolute Gasteiger partial charge is 0.301 e. The van der Waals surface area contributed by atoms with Crippen molar-refractivity contribution < 1.29 is 18.9 Å². The summed E-state index contributed by atoms with van der Waals surface area (Å²) >= 11 is 0. The average Bonchev–Trinajstić information content (AvgIpc) is 3.73. The van der Waals surface area contributed by atoms with Gasteiger partial charge in [-0.2, -0.15) is 0 Å². The second-order valence-corrected chi connectivity index (χ2v) is 15.4. The van der Waals surface area contributed by atoms with Crippen LogP contribution in [0.5, 0.6) is 23.0 Å². The van der Waals surface area contributed by atoms with Crippen molar-refractivity contribution in [2.45, 2.75) is 5.27 Å². The van der Waals surface area contributed by atoms with E-state index in [4.69, 9.17) is 18.9 Å². The molecule has 2 aliphatic heterocycles. The molecule has 0 amide bonds. The van der Waals surface area contributed by atoms with Crippen molar-refractivity contribution in [3.05, 3.63) is 158 Å². The lowest BCUT2D eigenvalue weighted by molar-refractivity contribution is 0.0922. The molecule has 0 unspecified atom stereocenters. The van der Waals surface area contributed by atoms with Gasteiger partial charge < -0.3 is 18.9 Å². The molecule has 0 fully saturated rings. The minimum atomic E-state index is -1.23. The van der Waals surface area contributed by atoms with E-state index in [1.807, 2.05) is 24.3 Å². The van der Waals surface area contributed by atoms with Crippen LogP contribution in [0.1, 0.15) is 0 Å². The molecule has 0 radical (unpaired) electrons. The molecular formula is C38H28O4P2. The minimum Gasteiger partial charge on any atom is -0.454 e. The van der Waals surface area contributed by atoms with Crippen LogP contribution in [-0.2, 0) is 0 Å². The van der Waals surface area contributed by atoms with E-state index in [1.54, 1.807) is 0 Å². The van der Waals surface area contributed by atoms with Crippen LogP contribution in [0.25, 0.3) is 11.1 Å². The standard InChI is InChI=1S/C38H28O4P2/c1-5-15-28(16-6-1)43(29-17-7-2-8-18-29)38(44(30-19-9-3-10-20-30)31-21-11-4-12-22-31)41-35-26-14-24-33(37(35)42-38)32-23-13-25-34-36(32)40-27-39-34/h1-26H,27H2. The van der Waals surface area contributed by atoms with Gasteiger partial charge in [-0.15, -0.1) is 0 Å². The van der Waals surface area contributed by atoms with Crippen molar-refractivity contribution >= 4 is 37.1 Å². The van der Waals surface area contributed by atoms with Crippen molar-refractivity contribution in [2.75, 3.05) is 6.79 Å². The average molecular weight is 611 g/mol. The van der Waals surface area contributed by atoms with Gasteiger partial charge >= 0.3 is 5.27 Å². The SMILES string of the molecule is c1ccc(P(c2ccccc2)C2(P(c3ccccc3)c3ccccc3)Oc3cccc(-c4cccc5c4OCO5)c3O2)cc1. The van der Waals surface area contributed by atoms with E-state index in [-0.39, 0.29) is 6.79 Å². The molecule has 2 aliphatic rings. The van der Waals surface area contributed by atoms with Gasteiger partial charge in [0, 0.05) is 11.1 Å². The summed E-state index contributed by atoms with van der Waals surface area (Å²) in [5.74, 6) is 2.90. The van der Waals surface area contributed by atoms with Crippen LogP contribution in [-0.4, -0.2) is 12.1 Å². The van der Waals surface area contributed by atoms with Gasteiger partial charge in [-0.1, -0.05) is 146 Å². The van der Waals surface area contributed by atoms with Crippen LogP contribution >= 0.6 is 15.8 Å². The third kappa shape index (κ3) is 4.63. The summed E-state index contributed by atoms with van der Waals surface area (Å²) in [7, 11) is -2.45. The highest BCUT2D eigenvalue weighted by Crippen LogP contribution is 2.70. The second-order valence-electron chi connectivity index (χ2n) is 10.4. The highest BCUT2D eigenvalue weighted by Gasteiger charge is 2.57. The first-order chi connectivity index (χ1) is 21.8. The van der Waals surface area contributed by atoms with Crippen molar-refractivity contribution in [1.29, 1.82) is 0 Å². The second kappa shape index (κ2) is 11.5. The monoisotopic (exact) mass is 610 g/mol. The van der Waals surface area contributed by atoms with Gasteiger partial charge in [-0.3, -0.25) is 0 Å². The molecule has 0 saturated carbocycles. The van der Waals surface area contributed by atoms with Gasteiger partial charge in [0.15, 0.2) is 23.0 Å². The molecule has 8 rings (SSSR count). The molecule has 0 bridgehead atoms. The van der Waals surface area contributed by atoms with Crippen molar-refractivity contribution in [1.82, 2.24) is 0 Å². The van der Waals surface area contributed by atoms with Crippen molar-refractivity contribution in [3.8, 4) is 34.1 Å². The van der Waals surface area contributed by atoms with Crippen LogP contribution in [0.2, 0.25) is 0 Å². The Hall–Kier alpha value is -4.62. The predicted molar refractivity (Wildman–Crippen MR) is 180 cm³/mol. The van der Waals surface area contributed by atoms with Gasteiger partial charge in [0.25, 0.3) is 0 Å². The molecule has 6 heteroatoms. The zero-order chi connectivity index (χ0) is 29.3. The molecular weight excluding hydrogens is 582 g/mol. The number of rotatable bonds is 7. The summed E-state index contributed by atoms with van der Waals surface area (Å²) < 4.78 is 26.6. The Kier molecular flexibility index (Phi) is 7.03. The fourth-order valence-corrected chi connectivity index (χ4v) is 12.6. The van der Waals surface area contributed by atoms with E-state index >= 15 is 0 Å². The molecule has 6 aromatic rings. The molecule has 44 heavy (non-hydrogen) atoms. The fraction of sp³-hybridized carbons (Fsp3) is 0.0526. The molecule has 0 spiro atoms. The van der Waals surface area contributed by atoms with Gasteiger partial charge in [0.05, 0.1) is 15.8 Å². The van der Waals surface area contributed by atoms with Gasteiger partial charge in [-0.05, 0) is 33.4 Å². The van der Waals surface area contributed by atoms with E-state index in [0.717, 1.165) is 34.1 Å². The highest BCUT2D eigenvalue weighted by atomic mass is 31.2. The Morgan fingerprint density at radius 3 is 1.30 bits per heavy atom. The summed E-state index contributed by atoms with van der Waals surface area (Å²) in [4.78, 5) is 0. The molecule has 0 aromatic heterocycles. The molecule has 4 nitrogen and oxygen atoms in total. The Labute approximate surface area is 259 Å². The molecule has 6 aromatic carbocycles. The maximum absolute atomic E-state index is 7.52. The lowest BCUT2D eigenvalue weighted by Gasteiger charge is -2.42. The molecule has 0 N–H and O–H groups in total. The van der Waals surface area contributed by atoms with Gasteiger partial charge in [0.2, 0.25) is 6.79 Å². The fourth-order valence-electron chi connectivity index (χ4n) is 5.89. The summed E-state index contributed by atoms with van der Waals surface area (Å²) in [5, 5.41) is 3.66. The lowest BCUT2D eigenvalue weighted by Crippen LogP contribution is -2.45. The zero-order valence-electron chi connectivity index (χ0n) is 23.7. The predicted octanol–water partition coefficient (Wildman–Crippen LogP) is 7.73. The lowest BCUT2D eigenvalue weighted by atomic mass is 10.0. The third-order valence-electron chi connectivity index (χ3n) is 7.77. The quantitative estimate of drug-likeness (QED) is 0.174. The Balaban J connectivity index is 1.41. The first kappa shape index (κ1) is 27.0. The molecule has 214 valence electrons. The Morgan fingerprint density at radius 1 is 0.386 bits per heavy atom. The summed E-state index contributed by atoms with van der Waals surface area (Å²) in [6, 6.07) is 54.8. The number of para-hydroxylation sites is 2. The zero-order valence-corrected chi connectivity index (χ0v) is 25.5. The highest BCUT2D eigenvalue weighted by molar-refractivity contribution is 7.90. The molecule has 0 aliphatic carbocycles. The molecule has 0 saturated heterocycles. The Bertz CT molecular complexity index is 1740. The van der Waals surface area contributed by atoms with Crippen LogP contribution in [0.15, 0.2) is 158 Å². The van der Waals surface area contributed by atoms with E-state index in [1.165, 1.54) is 21.2 Å². The van der Waals surface area contributed by atoms with Crippen LogP contribution in [0.4, 0.5) is 0 Å². The number of benzene rings is 6. The maximum atomic E-state index is 7.52. The van der Waals surface area contributed by atoms with Gasteiger partial charge in [0.1, 0.15) is 0 Å². The summed E-state index contributed by atoms with van der Waals surface area (Å²) in [6.07, 6.45) is 0. The van der Waals surface area contributed by atoms with Crippen LogP contribution in [0, 0.1) is 0 Å². The number of fused-ring (bicyclic) bond motifs is 2. The van der Waals surface area contributed by atoms with Crippen LogP contribution < -0.4 is 40.2 Å². The largest absolute Gasteiger partial charge is 0.454 e. The first-order valence-corrected chi connectivity index (χ1v) is 17.2. The number of hydrogen-bond acceptors (Lipinski definition) is 4. The van der Waals surface area contributed by atoms with Crippen molar-refractivity contribution in [3.63, 3.8) is 0 Å². The first-order valence-electron chi connectivity index (χ1n) is 14.5. The minimum absolute atomic E-state index is 0.198. The van der Waals surface area contributed by atoms with Gasteiger partial charge in [-0.25, -0.2) is 0 Å². The van der Waals surface area contributed by atoms with E-state index in [0.29, 0.717) is 0 Å². The van der Waals surface area contributed by atoms with E-state index in [9.17, 15) is 0 Å². The summed E-state index contributed by atoms with van der Waals surface area (Å²) in [6.45, 7) is 0.198. The normalized spacial score (nSPS) is 14.2. The number of ether oxygens (including phenoxy) is 4. The number of hydrogen-bond donors (Lipinski definition) is 0. The molecule has 2 heterocycles. The maximum Gasteiger partial charge on any atom is 0.301 e. The molecule has 0 atom stereocenters. The van der Waals surface area contributed by atoms with E-state index in [2.05, 4.69) is 133 Å². The topological polar surface area (TPSA) is 36.9 Å². The van der Waals surface area contributed by atoms with E-state index < -0.39 is 21.1 Å². The summed E-state index contributed by atoms with van der Waals surface area (Å²) in [5.41, 5.74) is 1.84.